The van der Waals surface area contributed by atoms with Crippen molar-refractivity contribution in [2.24, 2.45) is 0 Å². The molecular formula is C20H31N5O10. The van der Waals surface area contributed by atoms with Gasteiger partial charge >= 0.3 is 23.8 Å². The Balaban J connectivity index is 1.88. The first kappa shape index (κ1) is 27.8. The zero-order chi connectivity index (χ0) is 26.3. The standard InChI is InChI=1S/C20H31N5O10/c1-20(2,3)35-19(33)21-6-4-10(8-13(27)28)23-17(31)22-9-11-14(29)15(30)16(34-11)25-7-5-12(26)24-18(25)32/h5,7,10-11,14-16,29-30H,4,6,8-9H2,1-3H3,(H,21,33)(H,27,28)(H2,22,23,31)(H,24,26,32). The third-order valence-electron chi connectivity index (χ3n) is 4.84. The van der Waals surface area contributed by atoms with Crippen LogP contribution in [-0.2, 0) is 14.3 Å². The van der Waals surface area contributed by atoms with E-state index in [4.69, 9.17) is 14.6 Å². The first-order valence-electron chi connectivity index (χ1n) is 10.8. The van der Waals surface area contributed by atoms with Crippen LogP contribution in [-0.4, -0.2) is 86.0 Å². The molecule has 7 N–H and O–H groups in total. The summed E-state index contributed by atoms with van der Waals surface area (Å²) >= 11 is 0. The molecule has 2 heterocycles. The molecule has 0 spiro atoms. The Hall–Kier alpha value is -3.43. The number of amides is 3. The van der Waals surface area contributed by atoms with E-state index in [0.717, 1.165) is 16.8 Å². The minimum Gasteiger partial charge on any atom is -0.481 e. The zero-order valence-electron chi connectivity index (χ0n) is 19.5. The van der Waals surface area contributed by atoms with Crippen LogP contribution in [0.5, 0.6) is 0 Å². The van der Waals surface area contributed by atoms with Crippen LogP contribution in [0, 0.1) is 0 Å². The average Bonchev–Trinajstić information content (AvgIpc) is 2.99. The monoisotopic (exact) mass is 501 g/mol. The Morgan fingerprint density at radius 1 is 1.20 bits per heavy atom. The van der Waals surface area contributed by atoms with Gasteiger partial charge in [0.2, 0.25) is 0 Å². The number of urea groups is 1. The van der Waals surface area contributed by atoms with E-state index < -0.39 is 71.9 Å². The Bertz CT molecular complexity index is 1020. The van der Waals surface area contributed by atoms with Gasteiger partial charge in [-0.3, -0.25) is 19.1 Å². The fourth-order valence-corrected chi connectivity index (χ4v) is 3.28. The van der Waals surface area contributed by atoms with Crippen LogP contribution in [0.25, 0.3) is 0 Å². The number of carbonyl (C=O) groups is 3. The van der Waals surface area contributed by atoms with Crippen molar-refractivity contribution >= 4 is 18.1 Å². The van der Waals surface area contributed by atoms with Gasteiger partial charge in [0.25, 0.3) is 5.56 Å². The highest BCUT2D eigenvalue weighted by Crippen LogP contribution is 2.27. The first-order valence-corrected chi connectivity index (χ1v) is 10.8. The Labute approximate surface area is 199 Å². The maximum absolute atomic E-state index is 12.3. The molecule has 1 aromatic heterocycles. The van der Waals surface area contributed by atoms with Crippen molar-refractivity contribution in [1.82, 2.24) is 25.5 Å². The second-order valence-electron chi connectivity index (χ2n) is 8.93. The van der Waals surface area contributed by atoms with Gasteiger partial charge in [0.05, 0.1) is 6.42 Å². The Kier molecular flexibility index (Phi) is 9.39. The molecule has 0 aliphatic carbocycles. The molecule has 5 unspecified atom stereocenters. The van der Waals surface area contributed by atoms with Crippen LogP contribution >= 0.6 is 0 Å². The molecule has 5 atom stereocenters. The van der Waals surface area contributed by atoms with E-state index in [2.05, 4.69) is 16.0 Å². The largest absolute Gasteiger partial charge is 0.481 e. The number of alkyl carbamates (subject to hydrolysis) is 1. The number of carboxylic acids is 1. The van der Waals surface area contributed by atoms with Crippen molar-refractivity contribution in [3.8, 4) is 0 Å². The van der Waals surface area contributed by atoms with Gasteiger partial charge in [-0.1, -0.05) is 0 Å². The molecule has 15 nitrogen and oxygen atoms in total. The van der Waals surface area contributed by atoms with E-state index >= 15 is 0 Å². The number of carbonyl (C=O) groups excluding carboxylic acids is 2. The quantitative estimate of drug-likeness (QED) is 0.201. The molecule has 196 valence electrons. The SMILES string of the molecule is CC(C)(C)OC(=O)NCCC(CC(=O)O)NC(=O)NCC1OC(n2ccc(=O)[nH]c2=O)C(O)C1O. The van der Waals surface area contributed by atoms with Crippen LogP contribution in [0.4, 0.5) is 9.59 Å². The third-order valence-corrected chi connectivity index (χ3v) is 4.84. The molecule has 15 heteroatoms. The predicted octanol–water partition coefficient (Wildman–Crippen LogP) is -1.79. The number of aliphatic hydroxyl groups is 2. The molecule has 1 saturated heterocycles. The smallest absolute Gasteiger partial charge is 0.407 e. The maximum Gasteiger partial charge on any atom is 0.407 e. The van der Waals surface area contributed by atoms with Gasteiger partial charge < -0.3 is 40.7 Å². The number of H-pyrrole nitrogens is 1. The van der Waals surface area contributed by atoms with Gasteiger partial charge in [-0.05, 0) is 27.2 Å². The topological polar surface area (TPSA) is 221 Å². The van der Waals surface area contributed by atoms with Gasteiger partial charge in [0.1, 0.15) is 23.9 Å². The lowest BCUT2D eigenvalue weighted by Crippen LogP contribution is -2.48. The second kappa shape index (κ2) is 11.8. The summed E-state index contributed by atoms with van der Waals surface area (Å²) in [5, 5.41) is 36.9. The van der Waals surface area contributed by atoms with Crippen molar-refractivity contribution in [2.75, 3.05) is 13.1 Å². The third kappa shape index (κ3) is 8.70. The number of carboxylic acid groups (broad SMARTS) is 1. The zero-order valence-corrected chi connectivity index (χ0v) is 19.5. The van der Waals surface area contributed by atoms with Crippen molar-refractivity contribution in [3.63, 3.8) is 0 Å². The van der Waals surface area contributed by atoms with Crippen LogP contribution in [0.15, 0.2) is 21.9 Å². The van der Waals surface area contributed by atoms with Crippen molar-refractivity contribution < 1.29 is 39.2 Å². The molecule has 0 bridgehead atoms. The number of ether oxygens (including phenoxy) is 2. The normalized spacial score (nSPS) is 22.8. The maximum atomic E-state index is 12.3. The minimum atomic E-state index is -1.52. The number of aliphatic carboxylic acids is 1. The van der Waals surface area contributed by atoms with E-state index in [1.54, 1.807) is 20.8 Å². The highest BCUT2D eigenvalue weighted by Gasteiger charge is 2.44. The van der Waals surface area contributed by atoms with E-state index in [9.17, 15) is 34.2 Å². The predicted molar refractivity (Wildman–Crippen MR) is 119 cm³/mol. The Morgan fingerprint density at radius 2 is 1.89 bits per heavy atom. The molecule has 1 aromatic rings. The number of aliphatic hydroxyl groups excluding tert-OH is 2. The molecule has 1 aliphatic rings. The first-order chi connectivity index (χ1) is 16.3. The molecule has 1 aliphatic heterocycles. The average molecular weight is 501 g/mol. The van der Waals surface area contributed by atoms with Crippen molar-refractivity contribution in [2.45, 2.75) is 69.8 Å². The fourth-order valence-electron chi connectivity index (χ4n) is 3.28. The molecule has 2 rings (SSSR count). The van der Waals surface area contributed by atoms with Crippen LogP contribution in [0.2, 0.25) is 0 Å². The highest BCUT2D eigenvalue weighted by atomic mass is 16.6. The lowest BCUT2D eigenvalue weighted by Gasteiger charge is -2.21. The molecule has 0 radical (unpaired) electrons. The number of nitrogens with one attached hydrogen (secondary N) is 4. The van der Waals surface area contributed by atoms with Gasteiger partial charge in [0.15, 0.2) is 6.23 Å². The molecule has 0 aromatic carbocycles. The summed E-state index contributed by atoms with van der Waals surface area (Å²) in [7, 11) is 0. The summed E-state index contributed by atoms with van der Waals surface area (Å²) in [4.78, 5) is 60.3. The highest BCUT2D eigenvalue weighted by molar-refractivity contribution is 5.75. The summed E-state index contributed by atoms with van der Waals surface area (Å²) in [6, 6.07) is -0.568. The van der Waals surface area contributed by atoms with Crippen LogP contribution in [0.1, 0.15) is 39.8 Å². The minimum absolute atomic E-state index is 0.0411. The molecule has 0 saturated carbocycles. The number of aromatic amines is 1. The molecule has 35 heavy (non-hydrogen) atoms. The van der Waals surface area contributed by atoms with E-state index in [0.29, 0.717) is 0 Å². The summed E-state index contributed by atoms with van der Waals surface area (Å²) in [5.41, 5.74) is -2.20. The summed E-state index contributed by atoms with van der Waals surface area (Å²) in [6.07, 6.45) is -5.29. The Morgan fingerprint density at radius 3 is 2.49 bits per heavy atom. The van der Waals surface area contributed by atoms with E-state index in [1.807, 2.05) is 4.98 Å². The fraction of sp³-hybridized carbons (Fsp3) is 0.650. The molecule has 1 fully saturated rings. The van der Waals surface area contributed by atoms with Gasteiger partial charge in [-0.15, -0.1) is 0 Å². The molecular weight excluding hydrogens is 470 g/mol. The summed E-state index contributed by atoms with van der Waals surface area (Å²) in [5.74, 6) is -1.17. The van der Waals surface area contributed by atoms with Gasteiger partial charge in [-0.2, -0.15) is 0 Å². The number of nitrogens with zero attached hydrogens (tertiary/aromatic N) is 1. The lowest BCUT2D eigenvalue weighted by molar-refractivity contribution is -0.137. The van der Waals surface area contributed by atoms with Gasteiger partial charge in [0, 0.05) is 31.4 Å². The van der Waals surface area contributed by atoms with Crippen LogP contribution in [0.3, 0.4) is 0 Å². The van der Waals surface area contributed by atoms with Crippen molar-refractivity contribution in [1.29, 1.82) is 0 Å². The lowest BCUT2D eigenvalue weighted by atomic mass is 10.1. The number of hydrogen-bond acceptors (Lipinski definition) is 9. The van der Waals surface area contributed by atoms with Crippen molar-refractivity contribution in [3.05, 3.63) is 33.1 Å². The summed E-state index contributed by atoms with van der Waals surface area (Å²) in [6.45, 7) is 4.83. The number of aromatic nitrogens is 2. The summed E-state index contributed by atoms with van der Waals surface area (Å²) < 4.78 is 11.5. The second-order valence-corrected chi connectivity index (χ2v) is 8.93. The van der Waals surface area contributed by atoms with Gasteiger partial charge in [-0.25, -0.2) is 14.4 Å². The van der Waals surface area contributed by atoms with E-state index in [1.165, 1.54) is 0 Å². The van der Waals surface area contributed by atoms with E-state index in [-0.39, 0.29) is 19.5 Å². The van der Waals surface area contributed by atoms with Crippen LogP contribution < -0.4 is 27.2 Å². The number of hydrogen-bond donors (Lipinski definition) is 7. The number of rotatable bonds is 9. The molecule has 3 amide bonds.